The number of halogens is 2. The number of carbonyl (C=O) groups is 1. The Morgan fingerprint density at radius 1 is 1.20 bits per heavy atom. The van der Waals surface area contributed by atoms with Crippen molar-refractivity contribution in [1.82, 2.24) is 0 Å². The van der Waals surface area contributed by atoms with E-state index in [2.05, 4.69) is 31.2 Å². The van der Waals surface area contributed by atoms with Crippen LogP contribution in [0.5, 0.6) is 5.75 Å². The molecule has 0 bridgehead atoms. The molecule has 3 rings (SSSR count). The molecular formula is C20H24BrClN6O2. The van der Waals surface area contributed by atoms with Gasteiger partial charge in [-0.2, -0.15) is 4.99 Å². The molecule has 2 aromatic rings. The highest BCUT2D eigenvalue weighted by Crippen LogP contribution is 2.30. The predicted octanol–water partition coefficient (Wildman–Crippen LogP) is 3.21. The summed E-state index contributed by atoms with van der Waals surface area (Å²) in [6.07, 6.45) is 0. The molecule has 2 aromatic carbocycles. The highest BCUT2D eigenvalue weighted by Gasteiger charge is 2.33. The molecule has 0 aromatic heterocycles. The van der Waals surface area contributed by atoms with Crippen LogP contribution in [0.25, 0.3) is 0 Å². The Morgan fingerprint density at radius 2 is 1.93 bits per heavy atom. The highest BCUT2D eigenvalue weighted by atomic mass is 79.9. The molecule has 1 amide bonds. The minimum Gasteiger partial charge on any atom is -0.489 e. The molecule has 0 unspecified atom stereocenters. The molecule has 1 aliphatic heterocycles. The highest BCUT2D eigenvalue weighted by molar-refractivity contribution is 9.09. The van der Waals surface area contributed by atoms with Crippen molar-refractivity contribution in [3.05, 3.63) is 54.1 Å². The summed E-state index contributed by atoms with van der Waals surface area (Å²) in [4.78, 5) is 21.8. The second-order valence-electron chi connectivity index (χ2n) is 6.94. The lowest BCUT2D eigenvalue weighted by atomic mass is 10.1. The minimum atomic E-state index is -0.670. The summed E-state index contributed by atoms with van der Waals surface area (Å²) in [5.41, 5.74) is 13.6. The number of guanidine groups is 2. The monoisotopic (exact) mass is 494 g/mol. The summed E-state index contributed by atoms with van der Waals surface area (Å²) in [6, 6.07) is 15.0. The first-order chi connectivity index (χ1) is 13.8. The number of nitrogens with one attached hydrogen (secondary N) is 1. The third kappa shape index (κ3) is 5.64. The fourth-order valence-electron chi connectivity index (χ4n) is 3.06. The van der Waals surface area contributed by atoms with Gasteiger partial charge >= 0.3 is 0 Å². The molecule has 30 heavy (non-hydrogen) atoms. The zero-order valence-electron chi connectivity index (χ0n) is 16.6. The molecule has 0 fully saturated rings. The van der Waals surface area contributed by atoms with E-state index in [1.807, 2.05) is 62.4 Å². The van der Waals surface area contributed by atoms with E-state index in [0.717, 1.165) is 16.9 Å². The van der Waals surface area contributed by atoms with Crippen molar-refractivity contribution in [2.24, 2.45) is 21.5 Å². The zero-order chi connectivity index (χ0) is 21.0. The number of hydrogen-bond acceptors (Lipinski definition) is 7. The average molecular weight is 496 g/mol. The van der Waals surface area contributed by atoms with E-state index in [1.54, 1.807) is 4.90 Å². The molecule has 0 saturated heterocycles. The third-order valence-corrected chi connectivity index (χ3v) is 4.72. The first-order valence-electron chi connectivity index (χ1n) is 8.96. The Bertz CT molecular complexity index is 979. The van der Waals surface area contributed by atoms with Crippen LogP contribution in [0.1, 0.15) is 19.4 Å². The van der Waals surface area contributed by atoms with Gasteiger partial charge in [0.1, 0.15) is 18.0 Å². The number of nitrogens with two attached hydrogens (primary N) is 2. The summed E-state index contributed by atoms with van der Waals surface area (Å²) < 4.78 is 5.94. The molecule has 8 nitrogen and oxygen atoms in total. The smallest absolute Gasteiger partial charge is 0.235 e. The van der Waals surface area contributed by atoms with Gasteiger partial charge in [0.05, 0.1) is 5.33 Å². The largest absolute Gasteiger partial charge is 0.489 e. The molecule has 1 heterocycles. The molecule has 0 aliphatic carbocycles. The zero-order valence-corrected chi connectivity index (χ0v) is 19.0. The van der Waals surface area contributed by atoms with Crippen LogP contribution in [-0.2, 0) is 11.4 Å². The van der Waals surface area contributed by atoms with Gasteiger partial charge in [0.25, 0.3) is 0 Å². The Balaban J connectivity index is 0.00000320. The van der Waals surface area contributed by atoms with Crippen LogP contribution in [0.4, 0.5) is 11.4 Å². The van der Waals surface area contributed by atoms with Crippen molar-refractivity contribution < 1.29 is 9.53 Å². The van der Waals surface area contributed by atoms with Crippen LogP contribution >= 0.6 is 28.3 Å². The van der Waals surface area contributed by atoms with Gasteiger partial charge < -0.3 is 21.5 Å². The van der Waals surface area contributed by atoms with Gasteiger partial charge in [0.2, 0.25) is 17.8 Å². The van der Waals surface area contributed by atoms with Crippen LogP contribution in [0, 0.1) is 0 Å². The van der Waals surface area contributed by atoms with E-state index in [-0.39, 0.29) is 35.6 Å². The number of rotatable bonds is 6. The summed E-state index contributed by atoms with van der Waals surface area (Å²) in [7, 11) is 0. The fourth-order valence-corrected chi connectivity index (χ4v) is 3.20. The number of nitrogens with zero attached hydrogens (tertiary/aromatic N) is 3. The van der Waals surface area contributed by atoms with Gasteiger partial charge in [-0.1, -0.05) is 34.1 Å². The maximum Gasteiger partial charge on any atom is 0.235 e. The van der Waals surface area contributed by atoms with E-state index in [1.165, 1.54) is 0 Å². The number of aliphatic imine (C=N–C) groups is 2. The molecule has 0 radical (unpaired) electrons. The van der Waals surface area contributed by atoms with Gasteiger partial charge in [-0.25, -0.2) is 4.99 Å². The number of alkyl halides is 1. The fraction of sp³-hybridized carbons (Fsp3) is 0.250. The van der Waals surface area contributed by atoms with Gasteiger partial charge in [0.15, 0.2) is 0 Å². The van der Waals surface area contributed by atoms with E-state index >= 15 is 0 Å². The lowest BCUT2D eigenvalue weighted by Crippen LogP contribution is -2.54. The van der Waals surface area contributed by atoms with Gasteiger partial charge in [0, 0.05) is 17.4 Å². The quantitative estimate of drug-likeness (QED) is 0.532. The minimum absolute atomic E-state index is 0. The number of amides is 1. The SMILES string of the molecule is CC1(C)N=C(N)N=C(N)N1c1cccc(OCc2cccc(NC(=O)CBr)c2)c1.Cl. The van der Waals surface area contributed by atoms with Crippen molar-refractivity contribution in [2.45, 2.75) is 26.1 Å². The van der Waals surface area contributed by atoms with Crippen LogP contribution in [0.3, 0.4) is 0 Å². The van der Waals surface area contributed by atoms with Crippen molar-refractivity contribution in [2.75, 3.05) is 15.5 Å². The van der Waals surface area contributed by atoms with Crippen LogP contribution in [0.15, 0.2) is 58.5 Å². The van der Waals surface area contributed by atoms with E-state index < -0.39 is 5.66 Å². The molecule has 0 atom stereocenters. The Hall–Kier alpha value is -2.78. The Labute approximate surface area is 189 Å². The van der Waals surface area contributed by atoms with Crippen LogP contribution in [0.2, 0.25) is 0 Å². The summed E-state index contributed by atoms with van der Waals surface area (Å²) in [5.74, 6) is 0.990. The molecule has 0 spiro atoms. The number of carbonyl (C=O) groups excluding carboxylic acids is 1. The lowest BCUT2D eigenvalue weighted by molar-refractivity contribution is -0.113. The van der Waals surface area contributed by atoms with E-state index in [4.69, 9.17) is 16.2 Å². The molecule has 5 N–H and O–H groups in total. The molecule has 1 aliphatic rings. The molecule has 10 heteroatoms. The van der Waals surface area contributed by atoms with Crippen molar-refractivity contribution in [3.63, 3.8) is 0 Å². The second kappa shape index (κ2) is 9.82. The summed E-state index contributed by atoms with van der Waals surface area (Å²) >= 11 is 3.13. The van der Waals surface area contributed by atoms with Gasteiger partial charge in [-0.3, -0.25) is 9.69 Å². The molecule has 0 saturated carbocycles. The van der Waals surface area contributed by atoms with E-state index in [9.17, 15) is 4.79 Å². The molecule has 160 valence electrons. The van der Waals surface area contributed by atoms with Gasteiger partial charge in [-0.05, 0) is 43.7 Å². The normalized spacial score (nSPS) is 14.8. The van der Waals surface area contributed by atoms with Crippen molar-refractivity contribution in [3.8, 4) is 5.75 Å². The number of hydrogen-bond donors (Lipinski definition) is 3. The van der Waals surface area contributed by atoms with Crippen molar-refractivity contribution >= 4 is 57.5 Å². The third-order valence-electron chi connectivity index (χ3n) is 4.21. The van der Waals surface area contributed by atoms with Gasteiger partial charge in [-0.15, -0.1) is 12.4 Å². The first-order valence-corrected chi connectivity index (χ1v) is 10.1. The Morgan fingerprint density at radius 3 is 2.63 bits per heavy atom. The first kappa shape index (κ1) is 23.5. The van der Waals surface area contributed by atoms with Crippen LogP contribution in [-0.4, -0.2) is 28.8 Å². The maximum atomic E-state index is 11.5. The number of benzene rings is 2. The summed E-state index contributed by atoms with van der Waals surface area (Å²) in [6.45, 7) is 4.16. The number of ether oxygens (including phenoxy) is 1. The van der Waals surface area contributed by atoms with E-state index in [0.29, 0.717) is 12.4 Å². The predicted molar refractivity (Wildman–Crippen MR) is 127 cm³/mol. The molecular weight excluding hydrogens is 472 g/mol. The Kier molecular flexibility index (Phi) is 7.69. The standard InChI is InChI=1S/C20H23BrN6O2.ClH/c1-20(2)26-18(22)25-19(23)27(20)15-7-4-8-16(10-15)29-12-13-5-3-6-14(9-13)24-17(28)11-21;/h3-10H,11-12H2,1-2H3,(H,24,28)(H4,22,23,25,26);1H. The second-order valence-corrected chi connectivity index (χ2v) is 7.50. The van der Waals surface area contributed by atoms with Crippen LogP contribution < -0.4 is 26.4 Å². The lowest BCUT2D eigenvalue weighted by Gasteiger charge is -2.38. The maximum absolute atomic E-state index is 11.5. The average Bonchev–Trinajstić information content (AvgIpc) is 2.65. The van der Waals surface area contributed by atoms with Crippen molar-refractivity contribution in [1.29, 1.82) is 0 Å². The number of anilines is 2. The summed E-state index contributed by atoms with van der Waals surface area (Å²) in [5, 5.41) is 3.05. The topological polar surface area (TPSA) is 118 Å².